The summed E-state index contributed by atoms with van der Waals surface area (Å²) in [6.45, 7) is 2.94. The number of hydrogen-bond donors (Lipinski definition) is 0. The summed E-state index contributed by atoms with van der Waals surface area (Å²) in [5, 5.41) is 12.3. The minimum Gasteiger partial charge on any atom is -0.336 e. The van der Waals surface area contributed by atoms with E-state index in [2.05, 4.69) is 4.90 Å². The SMILES string of the molecule is O=C(c1ccc(Cl)c([N+](=O)[O-])c1)N1CCN(Cc2c(Cl)cccc2Cl)CC1. The first-order valence-corrected chi connectivity index (χ1v) is 9.38. The van der Waals surface area contributed by atoms with Crippen molar-refractivity contribution in [3.63, 3.8) is 0 Å². The normalized spacial score (nSPS) is 15.0. The van der Waals surface area contributed by atoms with Gasteiger partial charge in [0.25, 0.3) is 11.6 Å². The number of benzene rings is 2. The van der Waals surface area contributed by atoms with E-state index in [1.807, 2.05) is 0 Å². The van der Waals surface area contributed by atoms with E-state index < -0.39 is 4.92 Å². The molecule has 1 heterocycles. The lowest BCUT2D eigenvalue weighted by Crippen LogP contribution is -2.48. The molecule has 0 atom stereocenters. The molecule has 27 heavy (non-hydrogen) atoms. The molecule has 1 amide bonds. The van der Waals surface area contributed by atoms with Crippen molar-refractivity contribution in [3.8, 4) is 0 Å². The Bertz CT molecular complexity index is 863. The van der Waals surface area contributed by atoms with Gasteiger partial charge in [0.1, 0.15) is 5.02 Å². The molecule has 0 spiro atoms. The van der Waals surface area contributed by atoms with Crippen LogP contribution in [0.2, 0.25) is 15.1 Å². The van der Waals surface area contributed by atoms with Crippen molar-refractivity contribution in [1.82, 2.24) is 9.80 Å². The fourth-order valence-corrected chi connectivity index (χ4v) is 3.69. The molecule has 1 aliphatic rings. The topological polar surface area (TPSA) is 66.7 Å². The Balaban J connectivity index is 1.65. The van der Waals surface area contributed by atoms with E-state index in [0.29, 0.717) is 42.8 Å². The maximum absolute atomic E-state index is 12.7. The molecule has 0 saturated carbocycles. The van der Waals surface area contributed by atoms with E-state index in [4.69, 9.17) is 34.8 Å². The summed E-state index contributed by atoms with van der Waals surface area (Å²) in [4.78, 5) is 26.9. The van der Waals surface area contributed by atoms with Crippen LogP contribution in [-0.4, -0.2) is 46.8 Å². The number of carbonyl (C=O) groups excluding carboxylic acids is 1. The van der Waals surface area contributed by atoms with Gasteiger partial charge in [0.15, 0.2) is 0 Å². The van der Waals surface area contributed by atoms with Gasteiger partial charge in [0.2, 0.25) is 0 Å². The third-order valence-electron chi connectivity index (χ3n) is 4.49. The standard InChI is InChI=1S/C18H16Cl3N3O3/c19-14-2-1-3-15(20)13(14)11-22-6-8-23(9-7-22)18(25)12-4-5-16(21)17(10-12)24(26)27/h1-5,10H,6-9,11H2. The van der Waals surface area contributed by atoms with Gasteiger partial charge >= 0.3 is 0 Å². The largest absolute Gasteiger partial charge is 0.336 e. The fourth-order valence-electron chi connectivity index (χ4n) is 2.98. The van der Waals surface area contributed by atoms with E-state index in [0.717, 1.165) is 5.56 Å². The van der Waals surface area contributed by atoms with Gasteiger partial charge in [0, 0.05) is 60.0 Å². The Morgan fingerprint density at radius 3 is 2.22 bits per heavy atom. The summed E-state index contributed by atoms with van der Waals surface area (Å²) < 4.78 is 0. The van der Waals surface area contributed by atoms with Crippen molar-refractivity contribution in [2.75, 3.05) is 26.2 Å². The second-order valence-electron chi connectivity index (χ2n) is 6.19. The number of nitro benzene ring substituents is 1. The molecule has 6 nitrogen and oxygen atoms in total. The number of halogens is 3. The summed E-state index contributed by atoms with van der Waals surface area (Å²) in [5.41, 5.74) is 0.858. The molecular formula is C18H16Cl3N3O3. The van der Waals surface area contributed by atoms with Crippen LogP contribution in [0.3, 0.4) is 0 Å². The van der Waals surface area contributed by atoms with Gasteiger partial charge in [-0.1, -0.05) is 40.9 Å². The molecule has 0 N–H and O–H groups in total. The van der Waals surface area contributed by atoms with Gasteiger partial charge in [-0.2, -0.15) is 0 Å². The average molecular weight is 429 g/mol. The number of nitrogens with zero attached hydrogens (tertiary/aromatic N) is 3. The quantitative estimate of drug-likeness (QED) is 0.531. The van der Waals surface area contributed by atoms with Gasteiger partial charge in [-0.05, 0) is 24.3 Å². The van der Waals surface area contributed by atoms with Crippen LogP contribution in [0, 0.1) is 10.1 Å². The van der Waals surface area contributed by atoms with Crippen LogP contribution in [0.5, 0.6) is 0 Å². The van der Waals surface area contributed by atoms with Crippen molar-refractivity contribution >= 4 is 46.4 Å². The molecule has 0 bridgehead atoms. The summed E-state index contributed by atoms with van der Waals surface area (Å²) in [7, 11) is 0. The van der Waals surface area contributed by atoms with Gasteiger partial charge in [-0.25, -0.2) is 0 Å². The lowest BCUT2D eigenvalue weighted by atomic mass is 10.1. The summed E-state index contributed by atoms with van der Waals surface area (Å²) >= 11 is 18.2. The zero-order chi connectivity index (χ0) is 19.6. The number of nitro groups is 1. The first-order valence-electron chi connectivity index (χ1n) is 8.25. The highest BCUT2D eigenvalue weighted by Crippen LogP contribution is 2.27. The number of rotatable bonds is 4. The van der Waals surface area contributed by atoms with Crippen LogP contribution < -0.4 is 0 Å². The van der Waals surface area contributed by atoms with Gasteiger partial charge < -0.3 is 4.90 Å². The predicted molar refractivity (Wildman–Crippen MR) is 106 cm³/mol. The van der Waals surface area contributed by atoms with E-state index in [1.165, 1.54) is 18.2 Å². The monoisotopic (exact) mass is 427 g/mol. The molecule has 0 radical (unpaired) electrons. The lowest BCUT2D eigenvalue weighted by molar-refractivity contribution is -0.384. The van der Waals surface area contributed by atoms with Crippen LogP contribution in [0.15, 0.2) is 36.4 Å². The molecule has 0 aliphatic carbocycles. The highest BCUT2D eigenvalue weighted by Gasteiger charge is 2.25. The Labute approximate surface area is 171 Å². The zero-order valence-electron chi connectivity index (χ0n) is 14.2. The Kier molecular flexibility index (Phi) is 6.22. The van der Waals surface area contributed by atoms with E-state index in [9.17, 15) is 14.9 Å². The number of hydrogen-bond acceptors (Lipinski definition) is 4. The minimum atomic E-state index is -0.593. The summed E-state index contributed by atoms with van der Waals surface area (Å²) in [6.07, 6.45) is 0. The molecule has 142 valence electrons. The zero-order valence-corrected chi connectivity index (χ0v) is 16.5. The molecule has 1 fully saturated rings. The highest BCUT2D eigenvalue weighted by atomic mass is 35.5. The first kappa shape index (κ1) is 19.9. The second-order valence-corrected chi connectivity index (χ2v) is 7.41. The summed E-state index contributed by atoms with van der Waals surface area (Å²) in [5.74, 6) is -0.245. The van der Waals surface area contributed by atoms with Crippen molar-refractivity contribution < 1.29 is 9.72 Å². The van der Waals surface area contributed by atoms with Crippen LogP contribution in [0.25, 0.3) is 0 Å². The number of amides is 1. The van der Waals surface area contributed by atoms with E-state index in [1.54, 1.807) is 23.1 Å². The van der Waals surface area contributed by atoms with Crippen LogP contribution in [-0.2, 0) is 6.54 Å². The maximum atomic E-state index is 12.7. The molecule has 1 aliphatic heterocycles. The maximum Gasteiger partial charge on any atom is 0.288 e. The molecule has 2 aromatic carbocycles. The number of carbonyl (C=O) groups is 1. The van der Waals surface area contributed by atoms with E-state index >= 15 is 0 Å². The molecule has 1 saturated heterocycles. The van der Waals surface area contributed by atoms with Crippen molar-refractivity contribution in [2.45, 2.75) is 6.54 Å². The van der Waals surface area contributed by atoms with Gasteiger partial charge in [-0.15, -0.1) is 0 Å². The van der Waals surface area contributed by atoms with Crippen molar-refractivity contribution in [3.05, 3.63) is 72.7 Å². The molecule has 2 aromatic rings. The molecule has 0 aromatic heterocycles. The molecule has 0 unspecified atom stereocenters. The smallest absolute Gasteiger partial charge is 0.288 e. The Morgan fingerprint density at radius 1 is 1.00 bits per heavy atom. The van der Waals surface area contributed by atoms with Crippen LogP contribution in [0.1, 0.15) is 15.9 Å². The Hall–Kier alpha value is -1.86. The third kappa shape index (κ3) is 4.52. The molecule has 9 heteroatoms. The lowest BCUT2D eigenvalue weighted by Gasteiger charge is -2.35. The van der Waals surface area contributed by atoms with Crippen LogP contribution in [0.4, 0.5) is 5.69 Å². The number of piperazine rings is 1. The Morgan fingerprint density at radius 2 is 1.63 bits per heavy atom. The molecule has 3 rings (SSSR count). The third-order valence-corrected chi connectivity index (χ3v) is 5.52. The predicted octanol–water partition coefficient (Wildman–Crippen LogP) is 4.51. The first-order chi connectivity index (χ1) is 12.9. The summed E-state index contributed by atoms with van der Waals surface area (Å²) in [6, 6.07) is 9.51. The minimum absolute atomic E-state index is 0.0120. The second kappa shape index (κ2) is 8.44. The van der Waals surface area contributed by atoms with Crippen molar-refractivity contribution in [1.29, 1.82) is 0 Å². The highest BCUT2D eigenvalue weighted by molar-refractivity contribution is 6.36. The molecular weight excluding hydrogens is 413 g/mol. The van der Waals surface area contributed by atoms with Gasteiger partial charge in [0.05, 0.1) is 4.92 Å². The fraction of sp³-hybridized carbons (Fsp3) is 0.278. The van der Waals surface area contributed by atoms with E-state index in [-0.39, 0.29) is 22.2 Å². The van der Waals surface area contributed by atoms with Crippen LogP contribution >= 0.6 is 34.8 Å². The van der Waals surface area contributed by atoms with Crippen molar-refractivity contribution in [2.24, 2.45) is 0 Å². The van der Waals surface area contributed by atoms with Gasteiger partial charge in [-0.3, -0.25) is 19.8 Å². The average Bonchev–Trinajstić information content (AvgIpc) is 2.65.